The fourth-order valence-electron chi connectivity index (χ4n) is 2.93. The maximum absolute atomic E-state index is 11.2. The van der Waals surface area contributed by atoms with Gasteiger partial charge in [-0.15, -0.1) is 0 Å². The Morgan fingerprint density at radius 3 is 2.73 bits per heavy atom. The Bertz CT molecular complexity index is 232. The van der Waals surface area contributed by atoms with Crippen molar-refractivity contribution in [1.29, 1.82) is 0 Å². The van der Waals surface area contributed by atoms with E-state index in [9.17, 15) is 4.79 Å². The van der Waals surface area contributed by atoms with Crippen LogP contribution in [0.5, 0.6) is 0 Å². The van der Waals surface area contributed by atoms with E-state index in [2.05, 4.69) is 12.2 Å². The maximum Gasteiger partial charge on any atom is 0.407 e. The average Bonchev–Trinajstić information content (AvgIpc) is 2.22. The SMILES string of the molecule is CCCC1CCC2(CCNC(=O)O2)CC1. The van der Waals surface area contributed by atoms with E-state index < -0.39 is 0 Å². The van der Waals surface area contributed by atoms with E-state index in [0.717, 1.165) is 31.7 Å². The number of carbonyl (C=O) groups excluding carboxylic acids is 1. The molecule has 0 radical (unpaired) electrons. The van der Waals surface area contributed by atoms with Crippen LogP contribution in [0.4, 0.5) is 4.79 Å². The molecule has 2 fully saturated rings. The molecule has 2 aliphatic rings. The number of rotatable bonds is 2. The average molecular weight is 211 g/mol. The van der Waals surface area contributed by atoms with Gasteiger partial charge in [0.2, 0.25) is 0 Å². The summed E-state index contributed by atoms with van der Waals surface area (Å²) in [5.41, 5.74) is -0.105. The maximum atomic E-state index is 11.2. The predicted molar refractivity (Wildman–Crippen MR) is 58.7 cm³/mol. The van der Waals surface area contributed by atoms with E-state index in [1.54, 1.807) is 0 Å². The minimum Gasteiger partial charge on any atom is -0.443 e. The summed E-state index contributed by atoms with van der Waals surface area (Å²) < 4.78 is 5.49. The first-order chi connectivity index (χ1) is 7.24. The van der Waals surface area contributed by atoms with Gasteiger partial charge in [0, 0.05) is 13.0 Å². The molecule has 15 heavy (non-hydrogen) atoms. The number of alkyl carbamates (subject to hydrolysis) is 1. The van der Waals surface area contributed by atoms with Crippen molar-refractivity contribution in [3.05, 3.63) is 0 Å². The Balaban J connectivity index is 1.88. The third-order valence-electron chi connectivity index (χ3n) is 3.87. The fourth-order valence-corrected chi connectivity index (χ4v) is 2.93. The van der Waals surface area contributed by atoms with E-state index in [0.29, 0.717) is 0 Å². The Labute approximate surface area is 91.6 Å². The molecule has 0 bridgehead atoms. The van der Waals surface area contributed by atoms with Gasteiger partial charge in [-0.05, 0) is 31.6 Å². The molecule has 1 aliphatic heterocycles. The molecule has 1 aliphatic carbocycles. The lowest BCUT2D eigenvalue weighted by atomic mass is 9.75. The summed E-state index contributed by atoms with van der Waals surface area (Å²) in [7, 11) is 0. The van der Waals surface area contributed by atoms with Gasteiger partial charge in [-0.25, -0.2) is 4.79 Å². The number of carbonyl (C=O) groups is 1. The van der Waals surface area contributed by atoms with Crippen LogP contribution in [0.1, 0.15) is 51.9 Å². The van der Waals surface area contributed by atoms with Gasteiger partial charge in [0.25, 0.3) is 0 Å². The minimum absolute atomic E-state index is 0.105. The van der Waals surface area contributed by atoms with Crippen molar-refractivity contribution in [3.63, 3.8) is 0 Å². The molecule has 86 valence electrons. The lowest BCUT2D eigenvalue weighted by molar-refractivity contribution is -0.0476. The second-order valence-corrected chi connectivity index (χ2v) is 4.98. The Morgan fingerprint density at radius 2 is 2.13 bits per heavy atom. The molecular formula is C12H21NO2. The molecule has 1 N–H and O–H groups in total. The van der Waals surface area contributed by atoms with Crippen LogP contribution in [0.3, 0.4) is 0 Å². The second-order valence-electron chi connectivity index (χ2n) is 4.98. The molecule has 1 spiro atoms. The molecular weight excluding hydrogens is 190 g/mol. The normalized spacial score (nSPS) is 36.1. The predicted octanol–water partition coefficient (Wildman–Crippen LogP) is 2.85. The molecule has 0 aromatic rings. The monoisotopic (exact) mass is 211 g/mol. The summed E-state index contributed by atoms with van der Waals surface area (Å²) in [6.07, 6.45) is 8.02. The lowest BCUT2D eigenvalue weighted by Crippen LogP contribution is -2.49. The Hall–Kier alpha value is -0.730. The molecule has 0 aromatic heterocycles. The molecule has 0 unspecified atom stereocenters. The molecule has 0 aromatic carbocycles. The van der Waals surface area contributed by atoms with Crippen molar-refractivity contribution >= 4 is 6.09 Å². The Kier molecular flexibility index (Phi) is 3.17. The second kappa shape index (κ2) is 4.42. The van der Waals surface area contributed by atoms with Gasteiger partial charge < -0.3 is 10.1 Å². The van der Waals surface area contributed by atoms with E-state index in [1.165, 1.54) is 25.7 Å². The fraction of sp³-hybridized carbons (Fsp3) is 0.917. The first kappa shape index (κ1) is 10.8. The number of nitrogens with one attached hydrogen (secondary N) is 1. The molecule has 1 heterocycles. The zero-order valence-corrected chi connectivity index (χ0v) is 9.55. The molecule has 1 saturated carbocycles. The highest BCUT2D eigenvalue weighted by atomic mass is 16.6. The van der Waals surface area contributed by atoms with Crippen molar-refractivity contribution in [2.45, 2.75) is 57.5 Å². The van der Waals surface area contributed by atoms with Gasteiger partial charge in [-0.1, -0.05) is 19.8 Å². The molecule has 0 atom stereocenters. The molecule has 1 saturated heterocycles. The first-order valence-corrected chi connectivity index (χ1v) is 6.21. The van der Waals surface area contributed by atoms with Crippen molar-refractivity contribution in [1.82, 2.24) is 5.32 Å². The summed E-state index contributed by atoms with van der Waals surface area (Å²) in [6, 6.07) is 0. The quantitative estimate of drug-likeness (QED) is 0.762. The van der Waals surface area contributed by atoms with E-state index >= 15 is 0 Å². The van der Waals surface area contributed by atoms with Crippen LogP contribution in [0.2, 0.25) is 0 Å². The van der Waals surface area contributed by atoms with Crippen LogP contribution in [-0.4, -0.2) is 18.2 Å². The van der Waals surface area contributed by atoms with Crippen LogP contribution in [0.25, 0.3) is 0 Å². The topological polar surface area (TPSA) is 38.3 Å². The molecule has 1 amide bonds. The lowest BCUT2D eigenvalue weighted by Gasteiger charge is -2.42. The summed E-state index contributed by atoms with van der Waals surface area (Å²) >= 11 is 0. The van der Waals surface area contributed by atoms with E-state index in [4.69, 9.17) is 4.74 Å². The summed E-state index contributed by atoms with van der Waals surface area (Å²) in [5.74, 6) is 0.870. The molecule has 3 nitrogen and oxygen atoms in total. The Morgan fingerprint density at radius 1 is 1.40 bits per heavy atom. The minimum atomic E-state index is -0.213. The van der Waals surface area contributed by atoms with Crippen molar-refractivity contribution in [2.75, 3.05) is 6.54 Å². The van der Waals surface area contributed by atoms with E-state index in [1.807, 2.05) is 0 Å². The summed E-state index contributed by atoms with van der Waals surface area (Å²) in [6.45, 7) is 3.03. The van der Waals surface area contributed by atoms with Crippen LogP contribution in [0.15, 0.2) is 0 Å². The van der Waals surface area contributed by atoms with Gasteiger partial charge in [0.15, 0.2) is 0 Å². The van der Waals surface area contributed by atoms with Crippen LogP contribution in [-0.2, 0) is 4.74 Å². The van der Waals surface area contributed by atoms with Crippen LogP contribution < -0.4 is 5.32 Å². The van der Waals surface area contributed by atoms with Gasteiger partial charge in [0.05, 0.1) is 0 Å². The third-order valence-corrected chi connectivity index (χ3v) is 3.87. The summed E-state index contributed by atoms with van der Waals surface area (Å²) in [5, 5.41) is 2.73. The van der Waals surface area contributed by atoms with E-state index in [-0.39, 0.29) is 11.7 Å². The standard InChI is InChI=1S/C12H21NO2/c1-2-3-10-4-6-12(7-5-10)8-9-13-11(14)15-12/h10H,2-9H2,1H3,(H,13,14). The van der Waals surface area contributed by atoms with Gasteiger partial charge >= 0.3 is 6.09 Å². The van der Waals surface area contributed by atoms with Gasteiger partial charge in [0.1, 0.15) is 5.60 Å². The molecule has 3 heteroatoms. The van der Waals surface area contributed by atoms with Crippen molar-refractivity contribution in [2.24, 2.45) is 5.92 Å². The zero-order valence-electron chi connectivity index (χ0n) is 9.55. The zero-order chi connectivity index (χ0) is 10.7. The van der Waals surface area contributed by atoms with Gasteiger partial charge in [-0.3, -0.25) is 0 Å². The highest BCUT2D eigenvalue weighted by molar-refractivity contribution is 5.68. The highest BCUT2D eigenvalue weighted by Gasteiger charge is 2.40. The first-order valence-electron chi connectivity index (χ1n) is 6.21. The van der Waals surface area contributed by atoms with Crippen molar-refractivity contribution in [3.8, 4) is 0 Å². The number of hydrogen-bond donors (Lipinski definition) is 1. The largest absolute Gasteiger partial charge is 0.443 e. The molecule has 2 rings (SSSR count). The number of hydrogen-bond acceptors (Lipinski definition) is 2. The van der Waals surface area contributed by atoms with Crippen molar-refractivity contribution < 1.29 is 9.53 Å². The highest BCUT2D eigenvalue weighted by Crippen LogP contribution is 2.39. The number of ether oxygens (including phenoxy) is 1. The van der Waals surface area contributed by atoms with Gasteiger partial charge in [-0.2, -0.15) is 0 Å². The third kappa shape index (κ3) is 2.44. The van der Waals surface area contributed by atoms with Crippen LogP contribution >= 0.6 is 0 Å². The smallest absolute Gasteiger partial charge is 0.407 e. The summed E-state index contributed by atoms with van der Waals surface area (Å²) in [4.78, 5) is 11.2. The van der Waals surface area contributed by atoms with Crippen LogP contribution in [0, 0.1) is 5.92 Å². The number of amides is 1.